The van der Waals surface area contributed by atoms with Gasteiger partial charge in [-0.1, -0.05) is 12.1 Å². The fourth-order valence-electron chi connectivity index (χ4n) is 3.38. The Morgan fingerprint density at radius 3 is 2.24 bits per heavy atom. The summed E-state index contributed by atoms with van der Waals surface area (Å²) in [5.41, 5.74) is -0.275. The van der Waals surface area contributed by atoms with Crippen molar-refractivity contribution in [3.63, 3.8) is 0 Å². The number of ether oxygens (including phenoxy) is 2. The lowest BCUT2D eigenvalue weighted by atomic mass is 9.88. The van der Waals surface area contributed by atoms with E-state index in [1.54, 1.807) is 32.9 Å². The van der Waals surface area contributed by atoms with E-state index in [1.165, 1.54) is 31.1 Å². The first-order valence-electron chi connectivity index (χ1n) is 10.9. The van der Waals surface area contributed by atoms with E-state index in [0.29, 0.717) is 18.4 Å². The molecule has 3 amide bonds. The Bertz CT molecular complexity index is 860. The van der Waals surface area contributed by atoms with Crippen molar-refractivity contribution >= 4 is 23.9 Å². The Morgan fingerprint density at radius 1 is 1.15 bits per heavy atom. The molecule has 2 atom stereocenters. The Kier molecular flexibility index (Phi) is 8.67. The molecule has 1 aromatic carbocycles. The standard InChI is InChI=1S/C23H33N3O7/c1-14(25-22(31)33-23(2,3)4)21(30)26(16-7-6-8-16)19(15-9-11-17(27)12-10-15)20(29)24-13-18(28)32-5/h9-12,14,16,19,27H,6-8,13H2,1-5H3,(H,24,29)(H,25,31). The molecule has 10 nitrogen and oxygen atoms in total. The van der Waals surface area contributed by atoms with Crippen LogP contribution in [0.5, 0.6) is 5.75 Å². The number of benzene rings is 1. The third-order valence-electron chi connectivity index (χ3n) is 5.20. The third kappa shape index (κ3) is 7.37. The molecule has 1 fully saturated rings. The number of nitrogens with zero attached hydrogens (tertiary/aromatic N) is 1. The number of amides is 3. The predicted molar refractivity (Wildman–Crippen MR) is 119 cm³/mol. The van der Waals surface area contributed by atoms with Gasteiger partial charge in [-0.3, -0.25) is 14.4 Å². The first-order chi connectivity index (χ1) is 15.4. The van der Waals surface area contributed by atoms with E-state index >= 15 is 0 Å². The minimum absolute atomic E-state index is 0.00829. The molecule has 1 saturated carbocycles. The molecule has 1 aliphatic carbocycles. The fraction of sp³-hybridized carbons (Fsp3) is 0.565. The van der Waals surface area contributed by atoms with Gasteiger partial charge in [0, 0.05) is 6.04 Å². The van der Waals surface area contributed by atoms with Crippen LogP contribution in [-0.2, 0) is 23.9 Å². The lowest BCUT2D eigenvalue weighted by Crippen LogP contribution is -2.57. The first kappa shape index (κ1) is 26.0. The van der Waals surface area contributed by atoms with E-state index in [0.717, 1.165) is 6.42 Å². The minimum atomic E-state index is -1.07. The van der Waals surface area contributed by atoms with Gasteiger partial charge in [-0.25, -0.2) is 4.79 Å². The maximum Gasteiger partial charge on any atom is 0.408 e. The first-order valence-corrected chi connectivity index (χ1v) is 10.9. The van der Waals surface area contributed by atoms with Gasteiger partial charge < -0.3 is 30.1 Å². The van der Waals surface area contributed by atoms with Crippen molar-refractivity contribution in [3.8, 4) is 5.75 Å². The van der Waals surface area contributed by atoms with Crippen molar-refractivity contribution in [1.82, 2.24) is 15.5 Å². The number of aromatic hydroxyl groups is 1. The highest BCUT2D eigenvalue weighted by Crippen LogP contribution is 2.34. The summed E-state index contributed by atoms with van der Waals surface area (Å²) in [7, 11) is 1.21. The van der Waals surface area contributed by atoms with Crippen LogP contribution in [0.25, 0.3) is 0 Å². The molecule has 0 radical (unpaired) electrons. The number of rotatable bonds is 8. The summed E-state index contributed by atoms with van der Waals surface area (Å²) < 4.78 is 9.83. The summed E-state index contributed by atoms with van der Waals surface area (Å²) in [6.45, 7) is 6.31. The Balaban J connectivity index is 2.33. The third-order valence-corrected chi connectivity index (χ3v) is 5.20. The van der Waals surface area contributed by atoms with E-state index in [-0.39, 0.29) is 18.3 Å². The van der Waals surface area contributed by atoms with E-state index in [1.807, 2.05) is 0 Å². The lowest BCUT2D eigenvalue weighted by Gasteiger charge is -2.43. The molecular formula is C23H33N3O7. The van der Waals surface area contributed by atoms with Crippen LogP contribution >= 0.6 is 0 Å². The number of methoxy groups -OCH3 is 1. The number of carbonyl (C=O) groups excluding carboxylic acids is 4. The number of phenolic OH excluding ortho intramolecular Hbond substituents is 1. The second kappa shape index (κ2) is 11.0. The highest BCUT2D eigenvalue weighted by atomic mass is 16.6. The highest BCUT2D eigenvalue weighted by molar-refractivity contribution is 5.93. The largest absolute Gasteiger partial charge is 0.508 e. The molecule has 0 saturated heterocycles. The van der Waals surface area contributed by atoms with E-state index < -0.39 is 41.6 Å². The summed E-state index contributed by atoms with van der Waals surface area (Å²) in [5.74, 6) is -1.66. The van der Waals surface area contributed by atoms with Gasteiger partial charge in [0.1, 0.15) is 30.0 Å². The topological polar surface area (TPSA) is 134 Å². The number of carbonyl (C=O) groups is 4. The summed E-state index contributed by atoms with van der Waals surface area (Å²) >= 11 is 0. The van der Waals surface area contributed by atoms with Crippen LogP contribution in [0, 0.1) is 0 Å². The average molecular weight is 464 g/mol. The number of nitrogens with one attached hydrogen (secondary N) is 2. The zero-order valence-electron chi connectivity index (χ0n) is 19.7. The minimum Gasteiger partial charge on any atom is -0.508 e. The molecule has 1 aliphatic rings. The number of hydrogen-bond acceptors (Lipinski definition) is 7. The molecule has 0 bridgehead atoms. The molecule has 10 heteroatoms. The summed E-state index contributed by atoms with van der Waals surface area (Å²) in [4.78, 5) is 51.9. The van der Waals surface area contributed by atoms with Crippen molar-refractivity contribution in [2.24, 2.45) is 0 Å². The second-order valence-corrected chi connectivity index (χ2v) is 8.99. The Labute approximate surface area is 193 Å². The smallest absolute Gasteiger partial charge is 0.408 e. The second-order valence-electron chi connectivity index (χ2n) is 8.99. The molecular weight excluding hydrogens is 430 g/mol. The van der Waals surface area contributed by atoms with Gasteiger partial charge in [-0.2, -0.15) is 0 Å². The molecule has 0 aliphatic heterocycles. The van der Waals surface area contributed by atoms with Crippen molar-refractivity contribution in [2.45, 2.75) is 70.7 Å². The number of alkyl carbamates (subject to hydrolysis) is 1. The van der Waals surface area contributed by atoms with Gasteiger partial charge in [0.15, 0.2) is 0 Å². The van der Waals surface area contributed by atoms with Crippen LogP contribution < -0.4 is 10.6 Å². The highest BCUT2D eigenvalue weighted by Gasteiger charge is 2.41. The van der Waals surface area contributed by atoms with Crippen molar-refractivity contribution in [2.75, 3.05) is 13.7 Å². The van der Waals surface area contributed by atoms with Crippen LogP contribution in [0.3, 0.4) is 0 Å². The van der Waals surface area contributed by atoms with Crippen molar-refractivity contribution < 1.29 is 33.8 Å². The molecule has 2 rings (SSSR count). The lowest BCUT2D eigenvalue weighted by molar-refractivity contribution is -0.148. The van der Waals surface area contributed by atoms with Gasteiger partial charge in [0.25, 0.3) is 0 Å². The van der Waals surface area contributed by atoms with Gasteiger partial charge in [-0.05, 0) is 64.7 Å². The van der Waals surface area contributed by atoms with Gasteiger partial charge >= 0.3 is 12.1 Å². The average Bonchev–Trinajstić information content (AvgIpc) is 2.69. The van der Waals surface area contributed by atoms with Crippen LogP contribution in [-0.4, -0.2) is 65.2 Å². The number of hydrogen-bond donors (Lipinski definition) is 3. The predicted octanol–water partition coefficient (Wildman–Crippen LogP) is 2.02. The van der Waals surface area contributed by atoms with Gasteiger partial charge in [0.05, 0.1) is 7.11 Å². The molecule has 1 aromatic rings. The van der Waals surface area contributed by atoms with Gasteiger partial charge in [0.2, 0.25) is 11.8 Å². The van der Waals surface area contributed by atoms with Crippen LogP contribution in [0.1, 0.15) is 58.6 Å². The molecule has 182 valence electrons. The normalized spacial score (nSPS) is 15.4. The van der Waals surface area contributed by atoms with Crippen LogP contribution in [0.4, 0.5) is 4.79 Å². The maximum atomic E-state index is 13.5. The molecule has 3 N–H and O–H groups in total. The zero-order valence-corrected chi connectivity index (χ0v) is 19.7. The van der Waals surface area contributed by atoms with Crippen LogP contribution in [0.2, 0.25) is 0 Å². The summed E-state index contributed by atoms with van der Waals surface area (Å²) in [6, 6.07) is 3.67. The zero-order chi connectivity index (χ0) is 24.8. The SMILES string of the molecule is COC(=O)CNC(=O)C(c1ccc(O)cc1)N(C(=O)C(C)NC(=O)OC(C)(C)C)C1CCC1. The summed E-state index contributed by atoms with van der Waals surface area (Å²) in [5, 5.41) is 14.7. The molecule has 33 heavy (non-hydrogen) atoms. The number of esters is 1. The Morgan fingerprint density at radius 2 is 1.76 bits per heavy atom. The molecule has 0 aromatic heterocycles. The van der Waals surface area contributed by atoms with Crippen molar-refractivity contribution in [3.05, 3.63) is 29.8 Å². The van der Waals surface area contributed by atoms with Crippen molar-refractivity contribution in [1.29, 1.82) is 0 Å². The monoisotopic (exact) mass is 463 g/mol. The van der Waals surface area contributed by atoms with E-state index in [9.17, 15) is 24.3 Å². The molecule has 0 spiro atoms. The Hall–Kier alpha value is -3.30. The fourth-order valence-corrected chi connectivity index (χ4v) is 3.38. The van der Waals surface area contributed by atoms with Crippen LogP contribution in [0.15, 0.2) is 24.3 Å². The quantitative estimate of drug-likeness (QED) is 0.502. The maximum absolute atomic E-state index is 13.5. The summed E-state index contributed by atoms with van der Waals surface area (Å²) in [6.07, 6.45) is 1.55. The number of phenols is 1. The van der Waals surface area contributed by atoms with E-state index in [2.05, 4.69) is 15.4 Å². The van der Waals surface area contributed by atoms with E-state index in [4.69, 9.17) is 4.74 Å². The molecule has 0 heterocycles. The van der Waals surface area contributed by atoms with Gasteiger partial charge in [-0.15, -0.1) is 0 Å². The molecule has 2 unspecified atom stereocenters.